The summed E-state index contributed by atoms with van der Waals surface area (Å²) in [5, 5.41) is 23.0. The highest BCUT2D eigenvalue weighted by atomic mass is 16.5. The number of hydrogen-bond acceptors (Lipinski definition) is 5. The molecule has 0 aromatic heterocycles. The quantitative estimate of drug-likeness (QED) is 0.245. The minimum Gasteiger partial charge on any atom is -0.394 e. The number of aliphatic hydroxyl groups excluding tert-OH is 2. The first-order valence-corrected chi connectivity index (χ1v) is 10.2. The number of hydrogen-bond donors (Lipinski definition) is 3. The SMILES string of the molecule is OCCOCCOCC(O)NC(c1ccccc1)(c1ccccc1)c1ccccc1. The third-order valence-electron chi connectivity index (χ3n) is 4.89. The Morgan fingerprint density at radius 3 is 1.53 bits per heavy atom. The maximum Gasteiger partial charge on any atom is 0.129 e. The highest BCUT2D eigenvalue weighted by Gasteiger charge is 2.37. The molecular weight excluding hydrogens is 378 g/mol. The summed E-state index contributed by atoms with van der Waals surface area (Å²) < 4.78 is 10.8. The Morgan fingerprint density at radius 2 is 1.10 bits per heavy atom. The molecule has 0 heterocycles. The van der Waals surface area contributed by atoms with Crippen LogP contribution in [0.4, 0.5) is 0 Å². The zero-order valence-electron chi connectivity index (χ0n) is 17.0. The van der Waals surface area contributed by atoms with Gasteiger partial charge in [-0.3, -0.25) is 5.32 Å². The van der Waals surface area contributed by atoms with Crippen molar-refractivity contribution >= 4 is 0 Å². The molecule has 0 spiro atoms. The Bertz CT molecular complexity index is 746. The lowest BCUT2D eigenvalue weighted by atomic mass is 9.77. The number of nitrogens with one attached hydrogen (secondary N) is 1. The van der Waals surface area contributed by atoms with E-state index in [1.807, 2.05) is 54.6 Å². The molecule has 3 rings (SSSR count). The van der Waals surface area contributed by atoms with Crippen LogP contribution in [0.3, 0.4) is 0 Å². The Morgan fingerprint density at radius 1 is 0.667 bits per heavy atom. The van der Waals surface area contributed by atoms with Crippen LogP contribution in [0.5, 0.6) is 0 Å². The molecule has 158 valence electrons. The third kappa shape index (κ3) is 5.53. The molecule has 0 saturated heterocycles. The Hall–Kier alpha value is -2.54. The molecule has 0 amide bonds. The molecule has 0 fully saturated rings. The van der Waals surface area contributed by atoms with Crippen LogP contribution in [0, 0.1) is 0 Å². The molecule has 1 atom stereocenters. The van der Waals surface area contributed by atoms with Gasteiger partial charge in [-0.25, -0.2) is 0 Å². The van der Waals surface area contributed by atoms with E-state index >= 15 is 0 Å². The van der Waals surface area contributed by atoms with Gasteiger partial charge in [-0.1, -0.05) is 91.0 Å². The van der Waals surface area contributed by atoms with Crippen LogP contribution < -0.4 is 5.32 Å². The Balaban J connectivity index is 1.90. The second kappa shape index (κ2) is 11.6. The van der Waals surface area contributed by atoms with Crippen LogP contribution in [0.1, 0.15) is 16.7 Å². The van der Waals surface area contributed by atoms with Crippen molar-refractivity contribution in [1.82, 2.24) is 5.32 Å². The second-order valence-electron chi connectivity index (χ2n) is 6.92. The topological polar surface area (TPSA) is 71.0 Å². The van der Waals surface area contributed by atoms with Gasteiger partial charge in [0.2, 0.25) is 0 Å². The predicted molar refractivity (Wildman–Crippen MR) is 117 cm³/mol. The maximum atomic E-state index is 10.9. The maximum absolute atomic E-state index is 10.9. The zero-order chi connectivity index (χ0) is 21.1. The van der Waals surface area contributed by atoms with Gasteiger partial charge in [0.25, 0.3) is 0 Å². The highest BCUT2D eigenvalue weighted by molar-refractivity contribution is 5.49. The number of benzene rings is 3. The molecule has 0 aliphatic rings. The van der Waals surface area contributed by atoms with Gasteiger partial charge in [-0.15, -0.1) is 0 Å². The summed E-state index contributed by atoms with van der Waals surface area (Å²) in [6, 6.07) is 30.3. The van der Waals surface area contributed by atoms with E-state index in [0.29, 0.717) is 13.2 Å². The summed E-state index contributed by atoms with van der Waals surface area (Å²) in [6.45, 7) is 1.08. The molecule has 3 aromatic rings. The van der Waals surface area contributed by atoms with Crippen LogP contribution in [-0.2, 0) is 15.0 Å². The van der Waals surface area contributed by atoms with Gasteiger partial charge in [0.1, 0.15) is 6.23 Å². The van der Waals surface area contributed by atoms with Gasteiger partial charge in [-0.2, -0.15) is 0 Å². The van der Waals surface area contributed by atoms with Gasteiger partial charge >= 0.3 is 0 Å². The van der Waals surface area contributed by atoms with Gasteiger partial charge in [0.05, 0.1) is 38.6 Å². The molecule has 0 aliphatic heterocycles. The van der Waals surface area contributed by atoms with Crippen molar-refractivity contribution < 1.29 is 19.7 Å². The summed E-state index contributed by atoms with van der Waals surface area (Å²) in [4.78, 5) is 0. The molecule has 5 heteroatoms. The van der Waals surface area contributed by atoms with Crippen molar-refractivity contribution in [3.8, 4) is 0 Å². The lowest BCUT2D eigenvalue weighted by molar-refractivity contribution is -0.0184. The van der Waals surface area contributed by atoms with Gasteiger partial charge < -0.3 is 19.7 Å². The van der Waals surface area contributed by atoms with Crippen LogP contribution in [0.15, 0.2) is 91.0 Å². The fourth-order valence-corrected chi connectivity index (χ4v) is 3.59. The average Bonchev–Trinajstić information content (AvgIpc) is 2.81. The fraction of sp³-hybridized carbons (Fsp3) is 0.280. The molecule has 0 aliphatic carbocycles. The number of ether oxygens (including phenoxy) is 2. The molecular formula is C25H29NO4. The first-order chi connectivity index (χ1) is 14.8. The molecule has 0 bridgehead atoms. The molecule has 0 radical (unpaired) electrons. The van der Waals surface area contributed by atoms with Gasteiger partial charge in [0, 0.05) is 0 Å². The van der Waals surface area contributed by atoms with E-state index in [9.17, 15) is 5.11 Å². The average molecular weight is 408 g/mol. The van der Waals surface area contributed by atoms with E-state index in [2.05, 4.69) is 41.7 Å². The first kappa shape index (κ1) is 22.2. The van der Waals surface area contributed by atoms with Crippen LogP contribution in [0.2, 0.25) is 0 Å². The van der Waals surface area contributed by atoms with E-state index in [4.69, 9.17) is 14.6 Å². The van der Waals surface area contributed by atoms with Crippen molar-refractivity contribution in [3.05, 3.63) is 108 Å². The Labute approximate surface area is 177 Å². The molecule has 5 nitrogen and oxygen atoms in total. The number of rotatable bonds is 12. The van der Waals surface area contributed by atoms with E-state index < -0.39 is 11.8 Å². The van der Waals surface area contributed by atoms with E-state index in [0.717, 1.165) is 16.7 Å². The zero-order valence-corrected chi connectivity index (χ0v) is 17.0. The highest BCUT2D eigenvalue weighted by Crippen LogP contribution is 2.37. The van der Waals surface area contributed by atoms with Crippen molar-refractivity contribution in [1.29, 1.82) is 0 Å². The lowest BCUT2D eigenvalue weighted by Gasteiger charge is -2.38. The fourth-order valence-electron chi connectivity index (χ4n) is 3.59. The van der Waals surface area contributed by atoms with Crippen LogP contribution in [0.25, 0.3) is 0 Å². The second-order valence-corrected chi connectivity index (χ2v) is 6.92. The Kier molecular flexibility index (Phi) is 8.56. The molecule has 3 aromatic carbocycles. The molecule has 3 N–H and O–H groups in total. The lowest BCUT2D eigenvalue weighted by Crippen LogP contribution is -2.51. The monoisotopic (exact) mass is 407 g/mol. The summed E-state index contributed by atoms with van der Waals surface area (Å²) in [5.41, 5.74) is 2.31. The van der Waals surface area contributed by atoms with Crippen molar-refractivity contribution in [2.75, 3.05) is 33.0 Å². The molecule has 1 unspecified atom stereocenters. The van der Waals surface area contributed by atoms with E-state index in [1.54, 1.807) is 0 Å². The number of aliphatic hydroxyl groups is 2. The predicted octanol–water partition coefficient (Wildman–Crippen LogP) is 2.91. The van der Waals surface area contributed by atoms with Gasteiger partial charge in [-0.05, 0) is 16.7 Å². The third-order valence-corrected chi connectivity index (χ3v) is 4.89. The van der Waals surface area contributed by atoms with Gasteiger partial charge in [0.15, 0.2) is 0 Å². The van der Waals surface area contributed by atoms with Crippen molar-refractivity contribution in [2.45, 2.75) is 11.8 Å². The first-order valence-electron chi connectivity index (χ1n) is 10.2. The van der Waals surface area contributed by atoms with E-state index in [-0.39, 0.29) is 19.8 Å². The van der Waals surface area contributed by atoms with Crippen molar-refractivity contribution in [2.24, 2.45) is 0 Å². The van der Waals surface area contributed by atoms with Crippen molar-refractivity contribution in [3.63, 3.8) is 0 Å². The van der Waals surface area contributed by atoms with Crippen LogP contribution in [-0.4, -0.2) is 49.5 Å². The minimum atomic E-state index is -0.913. The molecule has 30 heavy (non-hydrogen) atoms. The summed E-state index contributed by atoms with van der Waals surface area (Å²) in [7, 11) is 0. The smallest absolute Gasteiger partial charge is 0.129 e. The normalized spacial score (nSPS) is 12.6. The van der Waals surface area contributed by atoms with E-state index in [1.165, 1.54) is 0 Å². The standard InChI is InChI=1S/C25H29NO4/c27-16-17-29-18-19-30-20-24(28)26-25(21-10-4-1-5-11-21,22-12-6-2-7-13-22)23-14-8-3-9-15-23/h1-15,24,26-28H,16-20H2. The summed E-state index contributed by atoms with van der Waals surface area (Å²) >= 11 is 0. The molecule has 0 saturated carbocycles. The largest absolute Gasteiger partial charge is 0.394 e. The minimum absolute atomic E-state index is 0.0159. The van der Waals surface area contributed by atoms with Crippen LogP contribution >= 0.6 is 0 Å². The summed E-state index contributed by atoms with van der Waals surface area (Å²) in [5.74, 6) is 0. The summed E-state index contributed by atoms with van der Waals surface area (Å²) in [6.07, 6.45) is -0.913.